The summed E-state index contributed by atoms with van der Waals surface area (Å²) in [5.41, 5.74) is 4.13. The minimum absolute atomic E-state index is 0.297. The number of anilines is 1. The van der Waals surface area contributed by atoms with Gasteiger partial charge in [0.25, 0.3) is 0 Å². The molecule has 7 nitrogen and oxygen atoms in total. The zero-order chi connectivity index (χ0) is 26.1. The average Bonchev–Trinajstić information content (AvgIpc) is 3.54. The van der Waals surface area contributed by atoms with E-state index in [1.165, 1.54) is 32.2 Å². The molecule has 3 aromatic heterocycles. The third-order valence-corrected chi connectivity index (χ3v) is 9.98. The van der Waals surface area contributed by atoms with Gasteiger partial charge in [-0.2, -0.15) is 0 Å². The van der Waals surface area contributed by atoms with Gasteiger partial charge in [0.1, 0.15) is 10.0 Å². The number of aromatic nitrogens is 1. The minimum atomic E-state index is -0.348. The number of hydrogen-bond donors (Lipinski definition) is 2. The number of carbonyl (C=O) groups excluding carboxylic acids is 2. The van der Waals surface area contributed by atoms with Crippen LogP contribution in [0.1, 0.15) is 76.3 Å². The van der Waals surface area contributed by atoms with E-state index in [1.54, 1.807) is 0 Å². The predicted molar refractivity (Wildman–Crippen MR) is 150 cm³/mol. The Morgan fingerprint density at radius 2 is 1.95 bits per heavy atom. The van der Waals surface area contributed by atoms with Gasteiger partial charge in [0.15, 0.2) is 0 Å². The lowest BCUT2D eigenvalue weighted by Gasteiger charge is -2.24. The summed E-state index contributed by atoms with van der Waals surface area (Å²) in [5, 5.41) is 7.87. The summed E-state index contributed by atoms with van der Waals surface area (Å²) in [6.07, 6.45) is 8.15. The summed E-state index contributed by atoms with van der Waals surface area (Å²) < 4.78 is 7.54. The van der Waals surface area contributed by atoms with E-state index in [9.17, 15) is 9.59 Å². The van der Waals surface area contributed by atoms with Crippen molar-refractivity contribution in [3.8, 4) is 5.00 Å². The molecular formula is C28H36N4O3S2. The number of urea groups is 1. The second kappa shape index (κ2) is 11.0. The van der Waals surface area contributed by atoms with Gasteiger partial charge in [-0.15, -0.1) is 22.7 Å². The molecule has 2 aliphatic rings. The molecule has 9 heteroatoms. The zero-order valence-electron chi connectivity index (χ0n) is 22.1. The summed E-state index contributed by atoms with van der Waals surface area (Å²) in [6.45, 7) is 8.97. The molecule has 3 aromatic rings. The number of carbonyl (C=O) groups is 2. The third-order valence-electron chi connectivity index (χ3n) is 7.32. The fourth-order valence-corrected chi connectivity index (χ4v) is 8.41. The van der Waals surface area contributed by atoms with Crippen LogP contribution in [0.5, 0.6) is 0 Å². The van der Waals surface area contributed by atoms with Crippen molar-refractivity contribution in [2.45, 2.75) is 65.5 Å². The summed E-state index contributed by atoms with van der Waals surface area (Å²) in [4.78, 5) is 31.1. The van der Waals surface area contributed by atoms with Gasteiger partial charge in [-0.1, -0.05) is 13.8 Å². The number of thiophene rings is 2. The molecule has 1 aliphatic carbocycles. The van der Waals surface area contributed by atoms with Crippen molar-refractivity contribution in [1.82, 2.24) is 14.8 Å². The van der Waals surface area contributed by atoms with Crippen molar-refractivity contribution in [3.63, 3.8) is 0 Å². The third kappa shape index (κ3) is 5.35. The Bertz CT molecular complexity index is 1280. The molecule has 0 bridgehead atoms. The maximum atomic E-state index is 13.2. The van der Waals surface area contributed by atoms with Crippen LogP contribution < -0.4 is 10.6 Å². The van der Waals surface area contributed by atoms with Crippen LogP contribution in [0.4, 0.5) is 9.80 Å². The topological polar surface area (TPSA) is 75.6 Å². The number of rotatable bonds is 6. The molecule has 37 heavy (non-hydrogen) atoms. The molecule has 0 aromatic carbocycles. The Morgan fingerprint density at radius 3 is 2.70 bits per heavy atom. The van der Waals surface area contributed by atoms with Crippen LogP contribution in [0.25, 0.3) is 5.00 Å². The quantitative estimate of drug-likeness (QED) is 0.367. The first-order valence-electron chi connectivity index (χ1n) is 13.2. The highest BCUT2D eigenvalue weighted by Gasteiger charge is 2.32. The monoisotopic (exact) mass is 540 g/mol. The first-order valence-corrected chi connectivity index (χ1v) is 14.8. The molecule has 198 valence electrons. The van der Waals surface area contributed by atoms with Crippen LogP contribution >= 0.6 is 22.7 Å². The van der Waals surface area contributed by atoms with Gasteiger partial charge in [-0.25, -0.2) is 9.59 Å². The molecule has 2 unspecified atom stereocenters. The number of hydrogen-bond acceptors (Lipinski definition) is 6. The number of amides is 2. The van der Waals surface area contributed by atoms with Crippen molar-refractivity contribution in [2.75, 3.05) is 25.5 Å². The van der Waals surface area contributed by atoms with Crippen molar-refractivity contribution < 1.29 is 14.3 Å². The highest BCUT2D eigenvalue weighted by molar-refractivity contribution is 7.17. The lowest BCUT2D eigenvalue weighted by atomic mass is 9.82. The number of fused-ring (bicyclic) bond motifs is 2. The van der Waals surface area contributed by atoms with E-state index in [0.717, 1.165) is 49.3 Å². The van der Waals surface area contributed by atoms with Gasteiger partial charge < -0.3 is 19.5 Å². The molecule has 0 saturated heterocycles. The summed E-state index contributed by atoms with van der Waals surface area (Å²) >= 11 is 3.34. The van der Waals surface area contributed by atoms with Crippen LogP contribution in [0.2, 0.25) is 0 Å². The van der Waals surface area contributed by atoms with Crippen LogP contribution in [-0.2, 0) is 30.7 Å². The largest absolute Gasteiger partial charge is 0.462 e. The van der Waals surface area contributed by atoms with Gasteiger partial charge >= 0.3 is 12.0 Å². The molecule has 0 spiro atoms. The zero-order valence-corrected chi connectivity index (χ0v) is 23.7. The highest BCUT2D eigenvalue weighted by atomic mass is 32.1. The van der Waals surface area contributed by atoms with E-state index in [0.29, 0.717) is 35.6 Å². The van der Waals surface area contributed by atoms with Gasteiger partial charge in [-0.05, 0) is 81.3 Å². The van der Waals surface area contributed by atoms with E-state index in [1.807, 2.05) is 30.4 Å². The second-order valence-corrected chi connectivity index (χ2v) is 12.5. The Balaban J connectivity index is 1.39. The normalized spacial score (nSPS) is 19.6. The smallest absolute Gasteiger partial charge is 0.341 e. The molecule has 2 atom stereocenters. The van der Waals surface area contributed by atoms with Gasteiger partial charge in [0, 0.05) is 40.8 Å². The molecule has 0 radical (unpaired) electrons. The van der Waals surface area contributed by atoms with E-state index >= 15 is 0 Å². The Kier molecular flexibility index (Phi) is 7.74. The van der Waals surface area contributed by atoms with Gasteiger partial charge in [-0.3, -0.25) is 5.32 Å². The van der Waals surface area contributed by atoms with Crippen LogP contribution in [-0.4, -0.2) is 41.7 Å². The lowest BCUT2D eigenvalue weighted by molar-refractivity contribution is 0.0526. The molecule has 0 saturated carbocycles. The van der Waals surface area contributed by atoms with Crippen molar-refractivity contribution >= 4 is 39.7 Å². The fourth-order valence-electron chi connectivity index (χ4n) is 5.72. The Morgan fingerprint density at radius 1 is 1.16 bits per heavy atom. The summed E-state index contributed by atoms with van der Waals surface area (Å²) in [6, 6.07) is 3.75. The minimum Gasteiger partial charge on any atom is -0.462 e. The Hall–Kier alpha value is -2.62. The van der Waals surface area contributed by atoms with Gasteiger partial charge in [0.2, 0.25) is 0 Å². The number of nitrogens with zero attached hydrogens (tertiary/aromatic N) is 2. The second-order valence-electron chi connectivity index (χ2n) is 10.3. The van der Waals surface area contributed by atoms with E-state index in [-0.39, 0.29) is 12.0 Å². The molecule has 2 N–H and O–H groups in total. The van der Waals surface area contributed by atoms with Crippen molar-refractivity contribution in [3.05, 3.63) is 56.5 Å². The van der Waals surface area contributed by atoms with Crippen LogP contribution in [0.15, 0.2) is 24.5 Å². The van der Waals surface area contributed by atoms with Crippen molar-refractivity contribution in [2.24, 2.45) is 5.92 Å². The van der Waals surface area contributed by atoms with Crippen molar-refractivity contribution in [1.29, 1.82) is 0 Å². The average molecular weight is 541 g/mol. The van der Waals surface area contributed by atoms with Crippen LogP contribution in [0.3, 0.4) is 0 Å². The fraction of sp³-hybridized carbons (Fsp3) is 0.500. The molecule has 0 fully saturated rings. The molecule has 1 aliphatic heterocycles. The SMILES string of the molecule is CCOC(=O)c1c(NC(=O)NCc2c(-n3cccc3)sc3c2CCCN(C)C3)sc2c1CC(C)CC2C. The first kappa shape index (κ1) is 26.0. The summed E-state index contributed by atoms with van der Waals surface area (Å²) in [7, 11) is 2.17. The number of ether oxygens (including phenoxy) is 1. The molecule has 2 amide bonds. The maximum absolute atomic E-state index is 13.2. The molecule has 4 heterocycles. The van der Waals surface area contributed by atoms with E-state index in [4.69, 9.17) is 4.74 Å². The molecule has 5 rings (SSSR count). The molecular weight excluding hydrogens is 504 g/mol. The van der Waals surface area contributed by atoms with E-state index < -0.39 is 0 Å². The maximum Gasteiger partial charge on any atom is 0.341 e. The van der Waals surface area contributed by atoms with Gasteiger partial charge in [0.05, 0.1) is 12.2 Å². The predicted octanol–water partition coefficient (Wildman–Crippen LogP) is 6.16. The number of nitrogens with one attached hydrogen (secondary N) is 2. The van der Waals surface area contributed by atoms with E-state index in [2.05, 4.69) is 53.4 Å². The Labute approximate surface area is 226 Å². The van der Waals surface area contributed by atoms with Crippen LogP contribution in [0, 0.1) is 5.92 Å². The first-order chi connectivity index (χ1) is 17.9. The summed E-state index contributed by atoms with van der Waals surface area (Å²) in [5.74, 6) is 0.504. The number of esters is 1. The highest BCUT2D eigenvalue weighted by Crippen LogP contribution is 2.45. The lowest BCUT2D eigenvalue weighted by Crippen LogP contribution is -2.29. The standard InChI is InChI=1S/C28H36N4O3S2/c1-5-35-27(33)23-20-14-17(2)13-18(3)24(20)37-25(23)30-28(34)29-15-21-19-9-8-10-31(4)16-22(19)36-26(21)32-11-6-7-12-32/h6-7,11-12,17-18H,5,8-10,13-16H2,1-4H3,(H2,29,30,34).